The minimum Gasteiger partial charge on any atom is -0.464 e. The fraction of sp³-hybridized carbons (Fsp3) is 0.286. The van der Waals surface area contributed by atoms with Crippen LogP contribution in [-0.2, 0) is 11.2 Å². The zero-order valence-corrected chi connectivity index (χ0v) is 13.5. The number of carbonyl (C=O) groups excluding carboxylic acids is 1. The number of benzene rings is 1. The molecule has 3 N–H and O–H groups in total. The Morgan fingerprint density at radius 2 is 2.09 bits per heavy atom. The lowest BCUT2D eigenvalue weighted by Crippen LogP contribution is -2.27. The Balaban J connectivity index is 0.00000242. The first-order chi connectivity index (χ1) is 10.1. The minimum absolute atomic E-state index is 0. The van der Waals surface area contributed by atoms with Crippen LogP contribution in [0.15, 0.2) is 30.3 Å². The molecule has 2 rings (SSSR count). The van der Waals surface area contributed by atoms with Crippen molar-refractivity contribution in [2.45, 2.75) is 12.5 Å². The highest BCUT2D eigenvalue weighted by atomic mass is 35.5. The SMILES string of the molecule is COC(=O)c1nn(-c2ccccc2)c(Cl)c1CC(N)CO.Cl. The van der Waals surface area contributed by atoms with E-state index < -0.39 is 12.0 Å². The fourth-order valence-electron chi connectivity index (χ4n) is 1.94. The summed E-state index contributed by atoms with van der Waals surface area (Å²) in [6.07, 6.45) is 0.229. The standard InChI is InChI=1S/C14H16ClN3O3.ClH/c1-21-14(20)12-11(7-9(16)8-19)13(15)18(17-12)10-5-3-2-4-6-10;/h2-6,9,19H,7-8,16H2,1H3;1H. The van der Waals surface area contributed by atoms with Crippen molar-refractivity contribution >= 4 is 30.0 Å². The Bertz CT molecular complexity index is 632. The molecule has 0 fully saturated rings. The molecule has 0 saturated heterocycles. The third-order valence-electron chi connectivity index (χ3n) is 3.00. The number of hydrogen-bond donors (Lipinski definition) is 2. The molecule has 1 aromatic carbocycles. The van der Waals surface area contributed by atoms with Crippen LogP contribution in [0.2, 0.25) is 5.15 Å². The summed E-state index contributed by atoms with van der Waals surface area (Å²) in [7, 11) is 1.27. The molecule has 0 aliphatic rings. The average Bonchev–Trinajstić information content (AvgIpc) is 2.84. The number of para-hydroxylation sites is 1. The van der Waals surface area contributed by atoms with Crippen LogP contribution in [0.5, 0.6) is 0 Å². The summed E-state index contributed by atoms with van der Waals surface area (Å²) < 4.78 is 6.17. The van der Waals surface area contributed by atoms with E-state index in [1.165, 1.54) is 11.8 Å². The number of aromatic nitrogens is 2. The van der Waals surface area contributed by atoms with E-state index in [2.05, 4.69) is 5.10 Å². The number of aliphatic hydroxyl groups is 1. The van der Waals surface area contributed by atoms with Crippen molar-refractivity contribution in [1.29, 1.82) is 0 Å². The number of aliphatic hydroxyl groups excluding tert-OH is 1. The van der Waals surface area contributed by atoms with Crippen LogP contribution in [0.4, 0.5) is 0 Å². The normalized spacial score (nSPS) is 11.6. The molecule has 1 aromatic heterocycles. The first-order valence-corrected chi connectivity index (χ1v) is 6.73. The number of esters is 1. The zero-order chi connectivity index (χ0) is 15.4. The van der Waals surface area contributed by atoms with Crippen molar-refractivity contribution < 1.29 is 14.6 Å². The topological polar surface area (TPSA) is 90.4 Å². The van der Waals surface area contributed by atoms with Crippen molar-refractivity contribution in [1.82, 2.24) is 9.78 Å². The highest BCUT2D eigenvalue weighted by molar-refractivity contribution is 6.31. The maximum absolute atomic E-state index is 11.8. The molecule has 0 bridgehead atoms. The minimum atomic E-state index is -0.591. The smallest absolute Gasteiger partial charge is 0.358 e. The van der Waals surface area contributed by atoms with Crippen molar-refractivity contribution in [2.24, 2.45) is 5.73 Å². The van der Waals surface area contributed by atoms with E-state index in [1.807, 2.05) is 30.3 Å². The molecule has 6 nitrogen and oxygen atoms in total. The highest BCUT2D eigenvalue weighted by Crippen LogP contribution is 2.25. The van der Waals surface area contributed by atoms with Gasteiger partial charge in [-0.3, -0.25) is 0 Å². The Hall–Kier alpha value is -1.60. The molecule has 0 radical (unpaired) electrons. The summed E-state index contributed by atoms with van der Waals surface area (Å²) in [6.45, 7) is -0.215. The summed E-state index contributed by atoms with van der Waals surface area (Å²) in [5.41, 5.74) is 7.03. The van der Waals surface area contributed by atoms with Gasteiger partial charge in [-0.25, -0.2) is 9.48 Å². The van der Waals surface area contributed by atoms with Gasteiger partial charge in [-0.05, 0) is 18.6 Å². The molecule has 0 aliphatic heterocycles. The average molecular weight is 346 g/mol. The maximum atomic E-state index is 11.8. The molecular formula is C14H17Cl2N3O3. The summed E-state index contributed by atoms with van der Waals surface area (Å²) in [4.78, 5) is 11.8. The van der Waals surface area contributed by atoms with Crippen LogP contribution < -0.4 is 5.73 Å². The summed E-state index contributed by atoms with van der Waals surface area (Å²) >= 11 is 6.32. The van der Waals surface area contributed by atoms with E-state index in [0.717, 1.165) is 5.69 Å². The lowest BCUT2D eigenvalue weighted by atomic mass is 10.1. The zero-order valence-electron chi connectivity index (χ0n) is 11.9. The van der Waals surface area contributed by atoms with Gasteiger partial charge in [-0.15, -0.1) is 12.4 Å². The van der Waals surface area contributed by atoms with E-state index in [9.17, 15) is 4.79 Å². The number of nitrogens with two attached hydrogens (primary N) is 1. The molecule has 120 valence electrons. The van der Waals surface area contributed by atoms with Gasteiger partial charge in [0.2, 0.25) is 0 Å². The van der Waals surface area contributed by atoms with Gasteiger partial charge in [0, 0.05) is 11.6 Å². The van der Waals surface area contributed by atoms with Gasteiger partial charge in [-0.2, -0.15) is 5.10 Å². The van der Waals surface area contributed by atoms with Gasteiger partial charge in [0.05, 0.1) is 19.4 Å². The second-order valence-corrected chi connectivity index (χ2v) is 4.86. The monoisotopic (exact) mass is 345 g/mol. The largest absolute Gasteiger partial charge is 0.464 e. The van der Waals surface area contributed by atoms with Crippen LogP contribution >= 0.6 is 24.0 Å². The number of methoxy groups -OCH3 is 1. The van der Waals surface area contributed by atoms with Gasteiger partial charge in [0.15, 0.2) is 5.69 Å². The second kappa shape index (κ2) is 8.14. The van der Waals surface area contributed by atoms with Gasteiger partial charge in [-0.1, -0.05) is 29.8 Å². The summed E-state index contributed by atoms with van der Waals surface area (Å²) in [5.74, 6) is -0.591. The number of hydrogen-bond acceptors (Lipinski definition) is 5. The lowest BCUT2D eigenvalue weighted by Gasteiger charge is -2.08. The first kappa shape index (κ1) is 18.4. The van der Waals surface area contributed by atoms with Crippen LogP contribution in [0.1, 0.15) is 16.1 Å². The molecule has 8 heteroatoms. The van der Waals surface area contributed by atoms with Gasteiger partial charge in [0.1, 0.15) is 5.15 Å². The van der Waals surface area contributed by atoms with Crippen molar-refractivity contribution in [3.05, 3.63) is 46.7 Å². The predicted molar refractivity (Wildman–Crippen MR) is 85.9 cm³/mol. The molecule has 1 atom stereocenters. The number of carbonyl (C=O) groups is 1. The number of rotatable bonds is 5. The number of ether oxygens (including phenoxy) is 1. The van der Waals surface area contributed by atoms with Crippen molar-refractivity contribution in [3.63, 3.8) is 0 Å². The highest BCUT2D eigenvalue weighted by Gasteiger charge is 2.24. The molecule has 0 spiro atoms. The van der Waals surface area contributed by atoms with Gasteiger partial charge in [0.25, 0.3) is 0 Å². The number of halogens is 2. The summed E-state index contributed by atoms with van der Waals surface area (Å²) in [6, 6.07) is 8.64. The molecule has 22 heavy (non-hydrogen) atoms. The predicted octanol–water partition coefficient (Wildman–Crippen LogP) is 1.60. The molecule has 0 saturated carbocycles. The molecule has 0 aliphatic carbocycles. The quantitative estimate of drug-likeness (QED) is 0.803. The Kier molecular flexibility index (Phi) is 6.83. The molecule has 1 unspecified atom stereocenters. The van der Waals surface area contributed by atoms with Crippen LogP contribution in [0.25, 0.3) is 5.69 Å². The second-order valence-electron chi connectivity index (χ2n) is 4.50. The van der Waals surface area contributed by atoms with Gasteiger partial charge < -0.3 is 15.6 Å². The van der Waals surface area contributed by atoms with Crippen molar-refractivity contribution in [3.8, 4) is 5.69 Å². The molecule has 1 heterocycles. The molecule has 2 aromatic rings. The van der Waals surface area contributed by atoms with E-state index in [-0.39, 0.29) is 36.3 Å². The van der Waals surface area contributed by atoms with E-state index >= 15 is 0 Å². The van der Waals surface area contributed by atoms with Crippen molar-refractivity contribution in [2.75, 3.05) is 13.7 Å². The fourth-order valence-corrected chi connectivity index (χ4v) is 2.24. The Morgan fingerprint density at radius 3 is 2.64 bits per heavy atom. The lowest BCUT2D eigenvalue weighted by molar-refractivity contribution is 0.0592. The van der Waals surface area contributed by atoms with Crippen LogP contribution in [-0.4, -0.2) is 40.6 Å². The number of nitrogens with zero attached hydrogens (tertiary/aromatic N) is 2. The molecule has 0 amide bonds. The summed E-state index contributed by atoms with van der Waals surface area (Å²) in [5, 5.41) is 13.6. The van der Waals surface area contributed by atoms with Gasteiger partial charge >= 0.3 is 5.97 Å². The van der Waals surface area contributed by atoms with E-state index in [1.54, 1.807) is 0 Å². The van der Waals surface area contributed by atoms with Crippen LogP contribution in [0, 0.1) is 0 Å². The first-order valence-electron chi connectivity index (χ1n) is 6.36. The third kappa shape index (κ3) is 3.78. The van der Waals surface area contributed by atoms with Crippen LogP contribution in [0.3, 0.4) is 0 Å². The molecular weight excluding hydrogens is 329 g/mol. The van der Waals surface area contributed by atoms with E-state index in [4.69, 9.17) is 27.2 Å². The Morgan fingerprint density at radius 1 is 1.45 bits per heavy atom. The van der Waals surface area contributed by atoms with E-state index in [0.29, 0.717) is 5.56 Å². The Labute approximate surface area is 139 Å². The third-order valence-corrected chi connectivity index (χ3v) is 3.39. The maximum Gasteiger partial charge on any atom is 0.358 e.